The number of nitrogens with one attached hydrogen (secondary N) is 1. The molecule has 4 nitrogen and oxygen atoms in total. The first-order chi connectivity index (χ1) is 13.0. The number of nitrogens with zero attached hydrogens (tertiary/aromatic N) is 2. The van der Waals surface area contributed by atoms with Crippen molar-refractivity contribution >= 4 is 29.0 Å². The second kappa shape index (κ2) is 7.52. The second-order valence-electron chi connectivity index (χ2n) is 6.92. The lowest BCUT2D eigenvalue weighted by Gasteiger charge is -2.26. The van der Waals surface area contributed by atoms with Crippen LogP contribution in [-0.2, 0) is 11.3 Å². The molecule has 0 fully saturated rings. The molecule has 0 unspecified atom stereocenters. The summed E-state index contributed by atoms with van der Waals surface area (Å²) in [5.41, 5.74) is 5.52. The number of hydrogen-bond donors (Lipinski definition) is 1. The van der Waals surface area contributed by atoms with E-state index in [4.69, 9.17) is 0 Å². The van der Waals surface area contributed by atoms with Gasteiger partial charge in [-0.1, -0.05) is 18.2 Å². The Kier molecular flexibility index (Phi) is 5.10. The Balaban J connectivity index is 1.52. The second-order valence-corrected chi connectivity index (χ2v) is 9.12. The van der Waals surface area contributed by atoms with Crippen LogP contribution in [0.2, 0.25) is 0 Å². The van der Waals surface area contributed by atoms with Gasteiger partial charge in [0.15, 0.2) is 0 Å². The third kappa shape index (κ3) is 3.69. The first-order valence-electron chi connectivity index (χ1n) is 9.13. The number of amides is 1. The van der Waals surface area contributed by atoms with Gasteiger partial charge in [-0.05, 0) is 44.9 Å². The number of hydrogen-bond acceptors (Lipinski definition) is 4. The number of carbonyl (C=O) groups is 1. The maximum Gasteiger partial charge on any atom is 0.240 e. The molecule has 0 saturated carbocycles. The largest absolute Gasteiger partial charge is 0.348 e. The van der Waals surface area contributed by atoms with Gasteiger partial charge in [-0.3, -0.25) is 4.79 Å². The van der Waals surface area contributed by atoms with Gasteiger partial charge in [0.2, 0.25) is 5.91 Å². The van der Waals surface area contributed by atoms with Gasteiger partial charge in [-0.25, -0.2) is 4.98 Å². The first-order valence-corrected chi connectivity index (χ1v) is 11.0. The van der Waals surface area contributed by atoms with Crippen molar-refractivity contribution in [2.75, 3.05) is 5.75 Å². The van der Waals surface area contributed by atoms with Crippen LogP contribution in [0.25, 0.3) is 11.3 Å². The summed E-state index contributed by atoms with van der Waals surface area (Å²) in [6, 6.07) is 10.6. The highest BCUT2D eigenvalue weighted by atomic mass is 32.2. The molecule has 2 aromatic heterocycles. The van der Waals surface area contributed by atoms with Crippen LogP contribution in [-0.4, -0.2) is 21.2 Å². The Labute approximate surface area is 168 Å². The molecule has 1 N–H and O–H groups in total. The van der Waals surface area contributed by atoms with Crippen LogP contribution in [0.5, 0.6) is 0 Å². The van der Waals surface area contributed by atoms with E-state index in [0.717, 1.165) is 39.8 Å². The predicted molar refractivity (Wildman–Crippen MR) is 112 cm³/mol. The van der Waals surface area contributed by atoms with Crippen LogP contribution < -0.4 is 5.32 Å². The monoisotopic (exact) mass is 397 g/mol. The lowest BCUT2D eigenvalue weighted by Crippen LogP contribution is -2.33. The minimum Gasteiger partial charge on any atom is -0.348 e. The molecule has 1 atom stereocenters. The number of thiazole rings is 1. The van der Waals surface area contributed by atoms with Crippen LogP contribution in [0.1, 0.15) is 34.4 Å². The van der Waals surface area contributed by atoms with Crippen molar-refractivity contribution in [2.45, 2.75) is 44.7 Å². The van der Waals surface area contributed by atoms with E-state index in [0.29, 0.717) is 6.54 Å². The summed E-state index contributed by atoms with van der Waals surface area (Å²) in [4.78, 5) is 18.7. The quantitative estimate of drug-likeness (QED) is 0.682. The average Bonchev–Trinajstić information content (AvgIpc) is 3.20. The van der Waals surface area contributed by atoms with Crippen molar-refractivity contribution in [2.24, 2.45) is 0 Å². The molecule has 0 bridgehead atoms. The summed E-state index contributed by atoms with van der Waals surface area (Å²) in [6.07, 6.45) is 0.973. The van der Waals surface area contributed by atoms with Crippen LogP contribution in [0.4, 0.5) is 0 Å². The maximum atomic E-state index is 12.8. The van der Waals surface area contributed by atoms with Crippen molar-refractivity contribution in [3.63, 3.8) is 0 Å². The zero-order valence-electron chi connectivity index (χ0n) is 15.8. The third-order valence-electron chi connectivity index (χ3n) is 5.06. The Hall–Kier alpha value is -2.05. The van der Waals surface area contributed by atoms with E-state index in [1.165, 1.54) is 10.5 Å². The average molecular weight is 398 g/mol. The lowest BCUT2D eigenvalue weighted by atomic mass is 10.0. The Morgan fingerprint density at radius 3 is 2.89 bits per heavy atom. The van der Waals surface area contributed by atoms with Gasteiger partial charge < -0.3 is 9.88 Å². The molecule has 140 valence electrons. The third-order valence-corrected chi connectivity index (χ3v) is 6.96. The fourth-order valence-electron chi connectivity index (χ4n) is 3.67. The van der Waals surface area contributed by atoms with Crippen LogP contribution in [0, 0.1) is 20.8 Å². The van der Waals surface area contributed by atoms with Crippen molar-refractivity contribution in [1.82, 2.24) is 14.9 Å². The van der Waals surface area contributed by atoms with E-state index in [1.54, 1.807) is 11.3 Å². The predicted octanol–water partition coefficient (Wildman–Crippen LogP) is 4.89. The van der Waals surface area contributed by atoms with E-state index < -0.39 is 0 Å². The van der Waals surface area contributed by atoms with Crippen LogP contribution >= 0.6 is 23.1 Å². The van der Waals surface area contributed by atoms with E-state index in [-0.39, 0.29) is 11.9 Å². The molecule has 0 radical (unpaired) electrons. The van der Waals surface area contributed by atoms with Crippen molar-refractivity contribution in [1.29, 1.82) is 0 Å². The smallest absolute Gasteiger partial charge is 0.240 e. The van der Waals surface area contributed by atoms with Crippen LogP contribution in [0.3, 0.4) is 0 Å². The minimum atomic E-state index is 0.0597. The van der Waals surface area contributed by atoms with Gasteiger partial charge in [0, 0.05) is 33.0 Å². The highest BCUT2D eigenvalue weighted by Gasteiger charge is 2.23. The number of carbonyl (C=O) groups excluding carboxylic acids is 1. The Morgan fingerprint density at radius 2 is 2.11 bits per heavy atom. The van der Waals surface area contributed by atoms with Crippen molar-refractivity contribution in [3.8, 4) is 11.3 Å². The summed E-state index contributed by atoms with van der Waals surface area (Å²) >= 11 is 3.52. The zero-order chi connectivity index (χ0) is 19.0. The summed E-state index contributed by atoms with van der Waals surface area (Å²) in [7, 11) is 0. The van der Waals surface area contributed by atoms with E-state index >= 15 is 0 Å². The van der Waals surface area contributed by atoms with Gasteiger partial charge in [-0.15, -0.1) is 23.1 Å². The first kappa shape index (κ1) is 18.3. The summed E-state index contributed by atoms with van der Waals surface area (Å²) in [5.74, 6) is 1.10. The van der Waals surface area contributed by atoms with Gasteiger partial charge in [0.25, 0.3) is 0 Å². The molecule has 6 heteroatoms. The molecule has 27 heavy (non-hydrogen) atoms. The van der Waals surface area contributed by atoms with Crippen molar-refractivity contribution < 1.29 is 4.79 Å². The molecule has 4 rings (SSSR count). The Morgan fingerprint density at radius 1 is 1.30 bits per heavy atom. The number of fused-ring (bicyclic) bond motifs is 1. The molecular weight excluding hydrogens is 374 g/mol. The normalized spacial score (nSPS) is 16.2. The summed E-state index contributed by atoms with van der Waals surface area (Å²) < 4.78 is 2.09. The van der Waals surface area contributed by atoms with Gasteiger partial charge in [0.1, 0.15) is 6.54 Å². The maximum absolute atomic E-state index is 12.8. The minimum absolute atomic E-state index is 0.0597. The number of aryl methyl sites for hydroxylation is 2. The van der Waals surface area contributed by atoms with E-state index in [9.17, 15) is 4.79 Å². The van der Waals surface area contributed by atoms with Gasteiger partial charge in [-0.2, -0.15) is 0 Å². The number of thioether (sulfide) groups is 1. The highest BCUT2D eigenvalue weighted by Crippen LogP contribution is 2.36. The van der Waals surface area contributed by atoms with E-state index in [2.05, 4.69) is 58.4 Å². The molecule has 1 amide bonds. The molecule has 3 heterocycles. The fourth-order valence-corrected chi connectivity index (χ4v) is 5.40. The topological polar surface area (TPSA) is 46.9 Å². The number of benzene rings is 1. The SMILES string of the molecule is Cc1nc(-c2cc(C)n(CC(=O)N[C@H]3CCSc4ccccc43)c2C)cs1. The summed E-state index contributed by atoms with van der Waals surface area (Å²) in [5, 5.41) is 6.38. The zero-order valence-corrected chi connectivity index (χ0v) is 17.4. The molecule has 1 aliphatic rings. The van der Waals surface area contributed by atoms with Gasteiger partial charge in [0.05, 0.1) is 16.7 Å². The van der Waals surface area contributed by atoms with Crippen molar-refractivity contribution in [3.05, 3.63) is 57.7 Å². The molecule has 0 spiro atoms. The highest BCUT2D eigenvalue weighted by molar-refractivity contribution is 7.99. The molecule has 0 aliphatic carbocycles. The fraction of sp³-hybridized carbons (Fsp3) is 0.333. The molecule has 0 saturated heterocycles. The summed E-state index contributed by atoms with van der Waals surface area (Å²) in [6.45, 7) is 6.47. The Bertz CT molecular complexity index is 989. The van der Waals surface area contributed by atoms with E-state index in [1.807, 2.05) is 24.8 Å². The standard InChI is InChI=1S/C21H23N3OS2/c1-13-10-17(19-12-27-15(3)22-19)14(2)24(13)11-21(25)23-18-8-9-26-20-7-5-4-6-16(18)20/h4-7,10,12,18H,8-9,11H2,1-3H3,(H,23,25)/t18-/m0/s1. The number of rotatable bonds is 4. The molecular formula is C21H23N3OS2. The molecule has 1 aromatic carbocycles. The van der Waals surface area contributed by atoms with Gasteiger partial charge >= 0.3 is 0 Å². The molecule has 3 aromatic rings. The molecule has 1 aliphatic heterocycles. The lowest BCUT2D eigenvalue weighted by molar-refractivity contribution is -0.122. The van der Waals surface area contributed by atoms with Crippen LogP contribution in [0.15, 0.2) is 40.6 Å². The number of aromatic nitrogens is 2.